The number of benzene rings is 1. The highest BCUT2D eigenvalue weighted by Gasteiger charge is 2.34. The van der Waals surface area contributed by atoms with Crippen LogP contribution in [-0.4, -0.2) is 49.7 Å². The Hall–Kier alpha value is -2.57. The number of nitrogens with zero attached hydrogens (tertiary/aromatic N) is 1. The van der Waals surface area contributed by atoms with E-state index in [1.54, 1.807) is 18.2 Å². The molecule has 1 aromatic carbocycles. The van der Waals surface area contributed by atoms with E-state index in [1.807, 2.05) is 0 Å². The molecule has 1 aromatic rings. The predicted molar refractivity (Wildman–Crippen MR) is 78.5 cm³/mol. The van der Waals surface area contributed by atoms with E-state index in [2.05, 4.69) is 14.8 Å². The van der Waals surface area contributed by atoms with Gasteiger partial charge in [0.2, 0.25) is 5.91 Å². The fourth-order valence-corrected chi connectivity index (χ4v) is 2.44. The van der Waals surface area contributed by atoms with Crippen LogP contribution in [0.15, 0.2) is 24.3 Å². The number of esters is 1. The SMILES string of the molecule is COC(=O)c1cccc(NC(=O)C2CCCN2C(=O)OC)c1. The molecule has 0 aliphatic carbocycles. The number of likely N-dealkylation sites (tertiary alicyclic amines) is 1. The summed E-state index contributed by atoms with van der Waals surface area (Å²) in [6.07, 6.45) is 0.813. The second-order valence-electron chi connectivity index (χ2n) is 4.88. The van der Waals surface area contributed by atoms with Gasteiger partial charge in [0, 0.05) is 12.2 Å². The molecular formula is C15H18N2O5. The van der Waals surface area contributed by atoms with Crippen LogP contribution in [-0.2, 0) is 14.3 Å². The Morgan fingerprint density at radius 2 is 2.00 bits per heavy atom. The molecule has 22 heavy (non-hydrogen) atoms. The number of carbonyl (C=O) groups excluding carboxylic acids is 3. The molecule has 0 radical (unpaired) electrons. The number of anilines is 1. The van der Waals surface area contributed by atoms with Crippen molar-refractivity contribution in [1.29, 1.82) is 0 Å². The first kappa shape index (κ1) is 15.8. The zero-order valence-corrected chi connectivity index (χ0v) is 12.5. The highest BCUT2D eigenvalue weighted by Crippen LogP contribution is 2.20. The molecule has 1 fully saturated rings. The van der Waals surface area contributed by atoms with E-state index in [9.17, 15) is 14.4 Å². The number of hydrogen-bond donors (Lipinski definition) is 1. The predicted octanol–water partition coefficient (Wildman–Crippen LogP) is 1.64. The molecule has 7 heteroatoms. The topological polar surface area (TPSA) is 84.9 Å². The molecule has 1 unspecified atom stereocenters. The van der Waals surface area contributed by atoms with Crippen LogP contribution in [0.1, 0.15) is 23.2 Å². The summed E-state index contributed by atoms with van der Waals surface area (Å²) in [5.74, 6) is -0.780. The van der Waals surface area contributed by atoms with Gasteiger partial charge in [0.15, 0.2) is 0 Å². The lowest BCUT2D eigenvalue weighted by molar-refractivity contribution is -0.119. The van der Waals surface area contributed by atoms with Crippen LogP contribution in [0.4, 0.5) is 10.5 Å². The molecule has 0 bridgehead atoms. The third-order valence-electron chi connectivity index (χ3n) is 3.52. The second kappa shape index (κ2) is 6.93. The Morgan fingerprint density at radius 3 is 2.68 bits per heavy atom. The number of methoxy groups -OCH3 is 2. The first-order chi connectivity index (χ1) is 10.6. The normalized spacial score (nSPS) is 17.0. The van der Waals surface area contributed by atoms with Crippen molar-refractivity contribution in [2.75, 3.05) is 26.1 Å². The summed E-state index contributed by atoms with van der Waals surface area (Å²) in [4.78, 5) is 36.8. The molecule has 0 spiro atoms. The van der Waals surface area contributed by atoms with Crippen molar-refractivity contribution in [2.45, 2.75) is 18.9 Å². The molecule has 1 atom stereocenters. The van der Waals surface area contributed by atoms with Gasteiger partial charge < -0.3 is 14.8 Å². The average molecular weight is 306 g/mol. The number of rotatable bonds is 3. The van der Waals surface area contributed by atoms with Gasteiger partial charge in [-0.25, -0.2) is 9.59 Å². The van der Waals surface area contributed by atoms with Crippen LogP contribution in [0.5, 0.6) is 0 Å². The van der Waals surface area contributed by atoms with Crippen LogP contribution in [0, 0.1) is 0 Å². The minimum absolute atomic E-state index is 0.301. The Bertz CT molecular complexity index is 587. The fraction of sp³-hybridized carbons (Fsp3) is 0.400. The van der Waals surface area contributed by atoms with E-state index in [4.69, 9.17) is 0 Å². The summed E-state index contributed by atoms with van der Waals surface area (Å²) in [5, 5.41) is 2.72. The fourth-order valence-electron chi connectivity index (χ4n) is 2.44. The Balaban J connectivity index is 2.08. The van der Waals surface area contributed by atoms with Crippen molar-refractivity contribution in [3.8, 4) is 0 Å². The molecule has 1 N–H and O–H groups in total. The Kier molecular flexibility index (Phi) is 4.98. The van der Waals surface area contributed by atoms with Crippen molar-refractivity contribution >= 4 is 23.7 Å². The standard InChI is InChI=1S/C15H18N2O5/c1-21-14(19)10-5-3-6-11(9-10)16-13(18)12-7-4-8-17(12)15(20)22-2/h3,5-6,9,12H,4,7-8H2,1-2H3,(H,16,18). The number of hydrogen-bond acceptors (Lipinski definition) is 5. The van der Waals surface area contributed by atoms with E-state index in [0.29, 0.717) is 24.2 Å². The molecule has 1 saturated heterocycles. The number of nitrogens with one attached hydrogen (secondary N) is 1. The van der Waals surface area contributed by atoms with Gasteiger partial charge in [0.05, 0.1) is 19.8 Å². The van der Waals surface area contributed by atoms with Gasteiger partial charge in [-0.2, -0.15) is 0 Å². The zero-order valence-electron chi connectivity index (χ0n) is 12.5. The third kappa shape index (κ3) is 3.36. The van der Waals surface area contributed by atoms with Gasteiger partial charge >= 0.3 is 12.1 Å². The Labute approximate surface area is 128 Å². The highest BCUT2D eigenvalue weighted by molar-refractivity contribution is 5.98. The maximum absolute atomic E-state index is 12.3. The molecule has 2 amide bonds. The first-order valence-corrected chi connectivity index (χ1v) is 6.90. The van der Waals surface area contributed by atoms with Crippen LogP contribution in [0.25, 0.3) is 0 Å². The van der Waals surface area contributed by atoms with E-state index in [-0.39, 0.29) is 5.91 Å². The molecule has 1 aliphatic heterocycles. The van der Waals surface area contributed by atoms with Crippen molar-refractivity contribution in [3.05, 3.63) is 29.8 Å². The maximum atomic E-state index is 12.3. The van der Waals surface area contributed by atoms with Gasteiger partial charge in [0.1, 0.15) is 6.04 Å². The van der Waals surface area contributed by atoms with Gasteiger partial charge in [-0.3, -0.25) is 9.69 Å². The summed E-state index contributed by atoms with van der Waals surface area (Å²) >= 11 is 0. The minimum Gasteiger partial charge on any atom is -0.465 e. The van der Waals surface area contributed by atoms with Crippen molar-refractivity contribution in [2.24, 2.45) is 0 Å². The average Bonchev–Trinajstić information content (AvgIpc) is 3.03. The van der Waals surface area contributed by atoms with E-state index in [1.165, 1.54) is 25.2 Å². The monoisotopic (exact) mass is 306 g/mol. The van der Waals surface area contributed by atoms with Crippen molar-refractivity contribution in [1.82, 2.24) is 4.90 Å². The van der Waals surface area contributed by atoms with Gasteiger partial charge in [0.25, 0.3) is 0 Å². The number of ether oxygens (including phenoxy) is 2. The summed E-state index contributed by atoms with van der Waals surface area (Å²) in [6, 6.07) is 5.88. The van der Waals surface area contributed by atoms with Gasteiger partial charge in [-0.1, -0.05) is 6.07 Å². The second-order valence-corrected chi connectivity index (χ2v) is 4.88. The van der Waals surface area contributed by atoms with E-state index in [0.717, 1.165) is 6.42 Å². The zero-order chi connectivity index (χ0) is 16.1. The molecule has 0 saturated carbocycles. The molecule has 1 heterocycles. The molecular weight excluding hydrogens is 288 g/mol. The third-order valence-corrected chi connectivity index (χ3v) is 3.52. The molecule has 7 nitrogen and oxygen atoms in total. The largest absolute Gasteiger partial charge is 0.465 e. The molecule has 2 rings (SSSR count). The Morgan fingerprint density at radius 1 is 1.23 bits per heavy atom. The summed E-state index contributed by atoms with van der Waals surface area (Å²) < 4.78 is 9.31. The van der Waals surface area contributed by atoms with Crippen LogP contribution < -0.4 is 5.32 Å². The van der Waals surface area contributed by atoms with Crippen molar-refractivity contribution in [3.63, 3.8) is 0 Å². The first-order valence-electron chi connectivity index (χ1n) is 6.90. The van der Waals surface area contributed by atoms with Crippen LogP contribution in [0.2, 0.25) is 0 Å². The summed E-state index contributed by atoms with van der Waals surface area (Å²) in [6.45, 7) is 0.493. The summed E-state index contributed by atoms with van der Waals surface area (Å²) in [5.41, 5.74) is 0.821. The smallest absolute Gasteiger partial charge is 0.410 e. The maximum Gasteiger partial charge on any atom is 0.410 e. The quantitative estimate of drug-likeness (QED) is 0.858. The molecule has 118 valence electrons. The van der Waals surface area contributed by atoms with Crippen LogP contribution >= 0.6 is 0 Å². The lowest BCUT2D eigenvalue weighted by Gasteiger charge is -2.22. The number of carbonyl (C=O) groups is 3. The highest BCUT2D eigenvalue weighted by atomic mass is 16.5. The number of amides is 2. The van der Waals surface area contributed by atoms with E-state index >= 15 is 0 Å². The van der Waals surface area contributed by atoms with Crippen LogP contribution in [0.3, 0.4) is 0 Å². The molecule has 1 aliphatic rings. The van der Waals surface area contributed by atoms with Gasteiger partial charge in [-0.05, 0) is 31.0 Å². The van der Waals surface area contributed by atoms with Gasteiger partial charge in [-0.15, -0.1) is 0 Å². The lowest BCUT2D eigenvalue weighted by atomic mass is 10.1. The molecule has 0 aromatic heterocycles. The van der Waals surface area contributed by atoms with Crippen molar-refractivity contribution < 1.29 is 23.9 Å². The minimum atomic E-state index is -0.561. The lowest BCUT2D eigenvalue weighted by Crippen LogP contribution is -2.43. The summed E-state index contributed by atoms with van der Waals surface area (Å²) in [7, 11) is 2.58. The van der Waals surface area contributed by atoms with E-state index < -0.39 is 18.1 Å².